The van der Waals surface area contributed by atoms with Crippen LogP contribution in [-0.4, -0.2) is 39.0 Å². The minimum absolute atomic E-state index is 0.358. The van der Waals surface area contributed by atoms with E-state index in [0.717, 1.165) is 16.8 Å². The van der Waals surface area contributed by atoms with Gasteiger partial charge in [0.15, 0.2) is 6.61 Å². The molecule has 1 unspecified atom stereocenters. The van der Waals surface area contributed by atoms with Gasteiger partial charge in [0.05, 0.1) is 24.1 Å². The molecule has 9 heteroatoms. The molecule has 3 heterocycles. The number of halogens is 1. The Morgan fingerprint density at radius 2 is 1.86 bits per heavy atom. The van der Waals surface area contributed by atoms with Crippen LogP contribution in [0.25, 0.3) is 0 Å². The van der Waals surface area contributed by atoms with Crippen molar-refractivity contribution in [3.05, 3.63) is 113 Å². The number of esters is 1. The van der Waals surface area contributed by atoms with Crippen LogP contribution >= 0.6 is 11.6 Å². The molecule has 0 spiro atoms. The molecule has 0 radical (unpaired) electrons. The zero-order valence-corrected chi connectivity index (χ0v) is 19.3. The van der Waals surface area contributed by atoms with E-state index < -0.39 is 24.5 Å². The van der Waals surface area contributed by atoms with Gasteiger partial charge in [-0.05, 0) is 53.6 Å². The number of benzene rings is 2. The first-order chi connectivity index (χ1) is 17.1. The summed E-state index contributed by atoms with van der Waals surface area (Å²) in [7, 11) is 0. The standard InChI is InChI=1S/C26H21ClN4O4/c27-21-10-8-19(9-11-21)22-15-23(24-3-1-14-34-24)31(29-22)25(32)17-35-26(33)20-6-4-18(5-7-20)16-30-13-2-12-28-30/h1-14,23H,15-17H2. The number of rotatable bonds is 7. The number of carbonyl (C=O) groups excluding carboxylic acids is 2. The van der Waals surface area contributed by atoms with E-state index in [9.17, 15) is 9.59 Å². The molecule has 2 aromatic carbocycles. The van der Waals surface area contributed by atoms with Crippen LogP contribution < -0.4 is 0 Å². The Morgan fingerprint density at radius 1 is 1.06 bits per heavy atom. The number of nitrogens with zero attached hydrogens (tertiary/aromatic N) is 4. The van der Waals surface area contributed by atoms with Gasteiger partial charge in [0.2, 0.25) is 0 Å². The van der Waals surface area contributed by atoms with Gasteiger partial charge in [0, 0.05) is 23.8 Å². The molecule has 35 heavy (non-hydrogen) atoms. The average molecular weight is 489 g/mol. The summed E-state index contributed by atoms with van der Waals surface area (Å²) in [5.41, 5.74) is 2.92. The maximum atomic E-state index is 13.0. The molecule has 0 bridgehead atoms. The number of ether oxygens (including phenoxy) is 1. The molecular weight excluding hydrogens is 468 g/mol. The quantitative estimate of drug-likeness (QED) is 0.351. The van der Waals surface area contributed by atoms with Crippen LogP contribution in [0.2, 0.25) is 5.02 Å². The fourth-order valence-corrected chi connectivity index (χ4v) is 3.99. The molecule has 1 amide bonds. The molecule has 1 atom stereocenters. The third-order valence-electron chi connectivity index (χ3n) is 5.64. The third kappa shape index (κ3) is 5.17. The van der Waals surface area contributed by atoms with Crippen molar-refractivity contribution >= 4 is 29.2 Å². The SMILES string of the molecule is O=C(OCC(=O)N1N=C(c2ccc(Cl)cc2)CC1c1ccco1)c1ccc(Cn2cccn2)cc1. The lowest BCUT2D eigenvalue weighted by Crippen LogP contribution is -2.31. The molecule has 8 nitrogen and oxygen atoms in total. The molecule has 0 saturated carbocycles. The Kier molecular flexibility index (Phi) is 6.45. The maximum Gasteiger partial charge on any atom is 0.338 e. The highest BCUT2D eigenvalue weighted by molar-refractivity contribution is 6.30. The Bertz CT molecular complexity index is 1330. The Hall–Kier alpha value is -4.17. The number of aromatic nitrogens is 2. The molecule has 5 rings (SSSR count). The molecule has 0 N–H and O–H groups in total. The van der Waals surface area contributed by atoms with Crippen LogP contribution in [0.1, 0.15) is 39.7 Å². The second-order valence-electron chi connectivity index (χ2n) is 8.00. The highest BCUT2D eigenvalue weighted by Crippen LogP contribution is 2.33. The Labute approximate surface area is 206 Å². The number of amides is 1. The second-order valence-corrected chi connectivity index (χ2v) is 8.44. The minimum atomic E-state index is -0.584. The van der Waals surface area contributed by atoms with E-state index in [0.29, 0.717) is 29.3 Å². The van der Waals surface area contributed by atoms with Crippen LogP contribution in [0.3, 0.4) is 0 Å². The van der Waals surface area contributed by atoms with Crippen molar-refractivity contribution in [2.75, 3.05) is 6.61 Å². The van der Waals surface area contributed by atoms with E-state index in [1.807, 2.05) is 36.5 Å². The summed E-state index contributed by atoms with van der Waals surface area (Å²) in [6, 6.07) is 19.2. The number of furan rings is 1. The number of hydrogen-bond acceptors (Lipinski definition) is 6. The molecule has 0 aliphatic carbocycles. The zero-order valence-electron chi connectivity index (χ0n) is 18.6. The second kappa shape index (κ2) is 9.99. The van der Waals surface area contributed by atoms with Crippen LogP contribution in [0.4, 0.5) is 0 Å². The molecule has 2 aromatic heterocycles. The summed E-state index contributed by atoms with van der Waals surface area (Å²) in [5.74, 6) is -0.427. The Morgan fingerprint density at radius 3 is 2.54 bits per heavy atom. The lowest BCUT2D eigenvalue weighted by atomic mass is 10.0. The van der Waals surface area contributed by atoms with E-state index in [1.165, 1.54) is 5.01 Å². The van der Waals surface area contributed by atoms with Gasteiger partial charge in [0.1, 0.15) is 11.8 Å². The van der Waals surface area contributed by atoms with Crippen molar-refractivity contribution in [3.8, 4) is 0 Å². The van der Waals surface area contributed by atoms with Gasteiger partial charge >= 0.3 is 5.97 Å². The lowest BCUT2D eigenvalue weighted by Gasteiger charge is -2.19. The summed E-state index contributed by atoms with van der Waals surface area (Å²) in [6.45, 7) is 0.153. The first kappa shape index (κ1) is 22.6. The lowest BCUT2D eigenvalue weighted by molar-refractivity contribution is -0.136. The molecule has 0 fully saturated rings. The van der Waals surface area contributed by atoms with Crippen LogP contribution in [0.5, 0.6) is 0 Å². The van der Waals surface area contributed by atoms with E-state index in [1.54, 1.807) is 53.5 Å². The molecule has 0 saturated heterocycles. The van der Waals surface area contributed by atoms with E-state index in [2.05, 4.69) is 10.2 Å². The van der Waals surface area contributed by atoms with Gasteiger partial charge in [-0.2, -0.15) is 10.2 Å². The summed E-state index contributed by atoms with van der Waals surface area (Å²) < 4.78 is 12.6. The van der Waals surface area contributed by atoms with Crippen molar-refractivity contribution in [1.29, 1.82) is 0 Å². The van der Waals surface area contributed by atoms with Gasteiger partial charge in [-0.3, -0.25) is 9.48 Å². The monoisotopic (exact) mass is 488 g/mol. The molecule has 1 aliphatic rings. The largest absolute Gasteiger partial charge is 0.467 e. The van der Waals surface area contributed by atoms with Gasteiger partial charge in [-0.15, -0.1) is 0 Å². The average Bonchev–Trinajstić information content (AvgIpc) is 3.65. The van der Waals surface area contributed by atoms with Crippen molar-refractivity contribution in [3.63, 3.8) is 0 Å². The number of hydrazone groups is 1. The first-order valence-corrected chi connectivity index (χ1v) is 11.4. The molecule has 4 aromatic rings. The normalized spacial score (nSPS) is 15.2. The van der Waals surface area contributed by atoms with Gasteiger partial charge in [-0.1, -0.05) is 35.9 Å². The summed E-state index contributed by atoms with van der Waals surface area (Å²) in [6.07, 6.45) is 5.59. The Balaban J connectivity index is 1.25. The first-order valence-electron chi connectivity index (χ1n) is 11.0. The van der Waals surface area contributed by atoms with Gasteiger partial charge in [-0.25, -0.2) is 9.80 Å². The highest BCUT2D eigenvalue weighted by atomic mass is 35.5. The van der Waals surface area contributed by atoms with E-state index in [-0.39, 0.29) is 0 Å². The number of hydrogen-bond donors (Lipinski definition) is 0. The predicted octanol–water partition coefficient (Wildman–Crippen LogP) is 4.71. The maximum absolute atomic E-state index is 13.0. The van der Waals surface area contributed by atoms with Crippen molar-refractivity contribution in [2.24, 2.45) is 5.10 Å². The van der Waals surface area contributed by atoms with Crippen molar-refractivity contribution < 1.29 is 18.7 Å². The minimum Gasteiger partial charge on any atom is -0.467 e. The summed E-state index contributed by atoms with van der Waals surface area (Å²) in [5, 5.41) is 10.6. The summed E-state index contributed by atoms with van der Waals surface area (Å²) in [4.78, 5) is 25.6. The van der Waals surface area contributed by atoms with Crippen molar-refractivity contribution in [2.45, 2.75) is 19.0 Å². The molecule has 1 aliphatic heterocycles. The topological polar surface area (TPSA) is 89.9 Å². The van der Waals surface area contributed by atoms with Gasteiger partial charge < -0.3 is 9.15 Å². The number of carbonyl (C=O) groups is 2. The van der Waals surface area contributed by atoms with Gasteiger partial charge in [0.25, 0.3) is 5.91 Å². The molecule has 176 valence electrons. The van der Waals surface area contributed by atoms with Crippen LogP contribution in [0.15, 0.2) is 94.9 Å². The fraction of sp³-hybridized carbons (Fsp3) is 0.154. The summed E-state index contributed by atoms with van der Waals surface area (Å²) >= 11 is 6.00. The highest BCUT2D eigenvalue weighted by Gasteiger charge is 2.35. The van der Waals surface area contributed by atoms with Crippen LogP contribution in [0, 0.1) is 0 Å². The molecular formula is C26H21ClN4O4. The third-order valence-corrected chi connectivity index (χ3v) is 5.89. The predicted molar refractivity (Wildman–Crippen MR) is 129 cm³/mol. The van der Waals surface area contributed by atoms with E-state index in [4.69, 9.17) is 20.8 Å². The smallest absolute Gasteiger partial charge is 0.338 e. The van der Waals surface area contributed by atoms with E-state index >= 15 is 0 Å². The van der Waals surface area contributed by atoms with Crippen LogP contribution in [-0.2, 0) is 16.1 Å². The van der Waals surface area contributed by atoms with Crippen molar-refractivity contribution in [1.82, 2.24) is 14.8 Å². The zero-order chi connectivity index (χ0) is 24.2. The fourth-order valence-electron chi connectivity index (χ4n) is 3.86.